The molecule has 8 nitrogen and oxygen atoms in total. The van der Waals surface area contributed by atoms with E-state index in [1.165, 1.54) is 0 Å². The number of amides is 1. The lowest BCUT2D eigenvalue weighted by Gasteiger charge is -2.35. The van der Waals surface area contributed by atoms with Gasteiger partial charge in [0.1, 0.15) is 5.82 Å². The van der Waals surface area contributed by atoms with Gasteiger partial charge in [-0.2, -0.15) is 0 Å². The van der Waals surface area contributed by atoms with Crippen LogP contribution in [0.4, 0.5) is 110 Å². The molecule has 0 aliphatic carbocycles. The monoisotopic (exact) mass is 1330 g/mol. The van der Waals surface area contributed by atoms with Gasteiger partial charge in [0.15, 0.2) is 122 Å². The largest absolute Gasteiger partial charge is 0.361 e. The fraction of sp³-hybridized carbons (Fsp3) is 0.0333. The number of carbonyl (C=O) groups excluding carboxylic acids is 1. The molecule has 93 heavy (non-hydrogen) atoms. The molecule has 3 aliphatic rings. The van der Waals surface area contributed by atoms with Gasteiger partial charge >= 0.3 is 0 Å². The molecule has 7 heterocycles. The van der Waals surface area contributed by atoms with Crippen molar-refractivity contribution in [3.05, 3.63) is 297 Å². The molecule has 1 unspecified atom stereocenters. The number of methoxy groups -OCH3 is 1. The number of allylic oxidation sites excluding steroid dienone is 2. The fourth-order valence-electron chi connectivity index (χ4n) is 11.1. The summed E-state index contributed by atoms with van der Waals surface area (Å²) in [6.07, 6.45) is 2.71. The number of aromatic nitrogens is 4. The molecule has 6 bridgehead atoms. The van der Waals surface area contributed by atoms with E-state index in [0.717, 1.165) is 0 Å². The lowest BCUT2D eigenvalue weighted by Crippen LogP contribution is -2.38. The standard InChI is InChI=1S/C60H19F25N6O2/c1-93-60(32-41(69)51(79)57(85)52(80)42(32)70)22-8-6-20(90-22)27(31-39(67)49(77)56(84)50(78)40(31)68)19-5-4-18(89-19)26(30-37(65)47(75)55(83)48(76)38(30)66)17-3-2-16(88-17)24(28-33(61)43(71)53(81)44(72)34(28)62)14-10-12-86-58(14)91-21(7-9-23(60)91)25(15-11-13-87-59(15)92)29-35(63)45(73)54(82)46(74)36(29)64/h2-13,86,88,90H,1H3,(H,87,92). The molecule has 12 rings (SSSR count). The number of aliphatic imine (C=N–C) groups is 1. The number of aromatic amines is 3. The van der Waals surface area contributed by atoms with Crippen LogP contribution in [-0.2, 0) is 15.1 Å². The Morgan fingerprint density at radius 3 is 1.37 bits per heavy atom. The second-order valence-corrected chi connectivity index (χ2v) is 19.8. The first-order chi connectivity index (χ1) is 44.0. The topological polar surface area (TPSA) is 103 Å². The summed E-state index contributed by atoms with van der Waals surface area (Å²) in [5.41, 5.74) is -31.7. The highest BCUT2D eigenvalue weighted by molar-refractivity contribution is 6.30. The van der Waals surface area contributed by atoms with Crippen molar-refractivity contribution in [1.82, 2.24) is 24.8 Å². The van der Waals surface area contributed by atoms with Gasteiger partial charge in [0, 0.05) is 63.8 Å². The fourth-order valence-corrected chi connectivity index (χ4v) is 11.1. The van der Waals surface area contributed by atoms with Gasteiger partial charge in [-0.05, 0) is 60.7 Å². The lowest BCUT2D eigenvalue weighted by molar-refractivity contribution is -0.115. The van der Waals surface area contributed by atoms with Crippen molar-refractivity contribution in [3.8, 4) is 5.82 Å². The SMILES string of the molecule is COC1(c2c(F)c(F)c(F)c(F)c2F)c2ccc([nH]2)C(c2c(F)c(F)c(F)c(F)c2F)=C2C=CC(=N2)C(c2c(F)c(F)c(F)c(F)c2F)=c2ccc([nH]2)=C(c2c(F)c(F)c(F)c(F)c2F)c2cc[nH]c2-n2c(C(=C3C=CNC3=O)c3c(F)c(F)c(F)c(F)c3F)ccc21. The van der Waals surface area contributed by atoms with Crippen molar-refractivity contribution in [3.63, 3.8) is 0 Å². The Bertz CT molecular complexity index is 5070. The number of carbonyl (C=O) groups is 1. The van der Waals surface area contributed by atoms with Gasteiger partial charge in [0.05, 0.1) is 61.9 Å². The van der Waals surface area contributed by atoms with Crippen LogP contribution in [0.1, 0.15) is 56.2 Å². The van der Waals surface area contributed by atoms with E-state index in [1.54, 1.807) is 0 Å². The molecular weight excluding hydrogens is 1310 g/mol. The zero-order chi connectivity index (χ0) is 67.4. The zero-order valence-corrected chi connectivity index (χ0v) is 44.6. The lowest BCUT2D eigenvalue weighted by atomic mass is 9.85. The number of H-pyrrole nitrogens is 3. The molecule has 1 amide bonds. The molecule has 33 heteroatoms. The number of nitrogens with zero attached hydrogens (tertiary/aromatic N) is 2. The number of rotatable bonds is 7. The van der Waals surface area contributed by atoms with Crippen LogP contribution in [0.25, 0.3) is 28.1 Å². The summed E-state index contributed by atoms with van der Waals surface area (Å²) in [6, 6.07) is 3.01. The van der Waals surface area contributed by atoms with Crippen molar-refractivity contribution in [1.29, 1.82) is 0 Å². The zero-order valence-electron chi connectivity index (χ0n) is 44.6. The van der Waals surface area contributed by atoms with E-state index in [2.05, 4.69) is 19.9 Å². The first kappa shape index (κ1) is 62.5. The van der Waals surface area contributed by atoms with E-state index in [1.807, 2.05) is 5.32 Å². The highest BCUT2D eigenvalue weighted by Gasteiger charge is 2.50. The molecule has 0 spiro atoms. The Morgan fingerprint density at radius 1 is 0.452 bits per heavy atom. The predicted molar refractivity (Wildman–Crippen MR) is 269 cm³/mol. The van der Waals surface area contributed by atoms with E-state index >= 15 is 96.6 Å². The van der Waals surface area contributed by atoms with Crippen LogP contribution < -0.4 is 16.0 Å². The number of halogens is 25. The number of ether oxygens (including phenoxy) is 1. The summed E-state index contributed by atoms with van der Waals surface area (Å²) in [4.78, 5) is 24.5. The third-order valence-corrected chi connectivity index (χ3v) is 15.1. The van der Waals surface area contributed by atoms with Crippen LogP contribution in [0, 0.1) is 145 Å². The van der Waals surface area contributed by atoms with Crippen LogP contribution in [0.2, 0.25) is 0 Å². The Hall–Kier alpha value is -10.7. The summed E-state index contributed by atoms with van der Waals surface area (Å²) in [5.74, 6) is -74.1. The van der Waals surface area contributed by atoms with Crippen LogP contribution in [0.5, 0.6) is 0 Å². The number of hydrogen-bond donors (Lipinski definition) is 4. The molecule has 4 aromatic heterocycles. The van der Waals surface area contributed by atoms with Gasteiger partial charge in [-0.1, -0.05) is 0 Å². The summed E-state index contributed by atoms with van der Waals surface area (Å²) in [6.45, 7) is 0. The Kier molecular flexibility index (Phi) is 14.8. The van der Waals surface area contributed by atoms with E-state index < -0.39 is 269 Å². The highest BCUT2D eigenvalue weighted by atomic mass is 19.2. The van der Waals surface area contributed by atoms with Gasteiger partial charge in [0.25, 0.3) is 5.91 Å². The molecule has 5 aromatic carbocycles. The number of nitrogens with one attached hydrogen (secondary N) is 4. The molecule has 0 saturated heterocycles. The van der Waals surface area contributed by atoms with Crippen LogP contribution in [0.15, 0.2) is 89.4 Å². The van der Waals surface area contributed by atoms with Crippen molar-refractivity contribution in [2.24, 2.45) is 4.99 Å². The average Bonchev–Trinajstić information content (AvgIpc) is 1.59. The van der Waals surface area contributed by atoms with Gasteiger partial charge in [-0.25, -0.2) is 115 Å². The molecule has 4 N–H and O–H groups in total. The maximum Gasteiger partial charge on any atom is 0.255 e. The summed E-state index contributed by atoms with van der Waals surface area (Å²) in [5, 5.41) is -0.415. The Balaban J connectivity index is 1.40. The van der Waals surface area contributed by atoms with E-state index in [4.69, 9.17) is 4.74 Å². The van der Waals surface area contributed by atoms with Crippen LogP contribution >= 0.6 is 0 Å². The second kappa shape index (κ2) is 22.0. The average molecular weight is 1330 g/mol. The molecule has 0 radical (unpaired) electrons. The Morgan fingerprint density at radius 2 is 0.892 bits per heavy atom. The summed E-state index contributed by atoms with van der Waals surface area (Å²) < 4.78 is 405. The quantitative estimate of drug-likeness (QED) is 0.0553. The minimum Gasteiger partial charge on any atom is -0.361 e. The molecule has 1 atom stereocenters. The van der Waals surface area contributed by atoms with E-state index in [0.29, 0.717) is 80.2 Å². The molecule has 9 aromatic rings. The van der Waals surface area contributed by atoms with Crippen molar-refractivity contribution >= 4 is 33.9 Å². The van der Waals surface area contributed by atoms with Crippen molar-refractivity contribution < 1.29 is 119 Å². The maximum absolute atomic E-state index is 17.3. The van der Waals surface area contributed by atoms with E-state index in [-0.39, 0.29) is 4.57 Å². The van der Waals surface area contributed by atoms with Crippen molar-refractivity contribution in [2.75, 3.05) is 7.11 Å². The smallest absolute Gasteiger partial charge is 0.255 e. The molecule has 476 valence electrons. The molecular formula is C60H19F25N6O2. The normalized spacial score (nSPS) is 16.1. The first-order valence-electron chi connectivity index (χ1n) is 25.4. The molecule has 3 aliphatic heterocycles. The number of benzene rings is 5. The molecule has 0 saturated carbocycles. The third kappa shape index (κ3) is 8.70. The number of hydrogen-bond acceptors (Lipinski definition) is 3. The summed E-state index contributed by atoms with van der Waals surface area (Å²) in [7, 11) is 0.327. The predicted octanol–water partition coefficient (Wildman–Crippen LogP) is 13.6. The Labute approximate surface area is 497 Å². The highest BCUT2D eigenvalue weighted by Crippen LogP contribution is 2.50. The van der Waals surface area contributed by atoms with Crippen molar-refractivity contribution in [2.45, 2.75) is 5.60 Å². The van der Waals surface area contributed by atoms with Gasteiger partial charge in [0.2, 0.25) is 29.1 Å². The second-order valence-electron chi connectivity index (χ2n) is 19.8. The van der Waals surface area contributed by atoms with Gasteiger partial charge in [-0.15, -0.1) is 0 Å². The third-order valence-electron chi connectivity index (χ3n) is 15.1. The first-order valence-corrected chi connectivity index (χ1v) is 25.4. The van der Waals surface area contributed by atoms with Crippen LogP contribution in [-0.4, -0.2) is 38.2 Å². The van der Waals surface area contributed by atoms with Gasteiger partial charge < -0.3 is 25.0 Å². The number of fused-ring (bicyclic) bond motifs is 8. The minimum absolute atomic E-state index is 0.0941. The van der Waals surface area contributed by atoms with Crippen LogP contribution in [0.3, 0.4) is 0 Å². The van der Waals surface area contributed by atoms with Gasteiger partial charge in [-0.3, -0.25) is 9.36 Å². The molecule has 0 fully saturated rings. The maximum atomic E-state index is 17.3. The summed E-state index contributed by atoms with van der Waals surface area (Å²) >= 11 is 0. The minimum atomic E-state index is -4.06. The van der Waals surface area contributed by atoms with E-state index in [9.17, 15) is 18.0 Å².